The molecule has 0 aliphatic heterocycles. The Bertz CT molecular complexity index is 446. The van der Waals surface area contributed by atoms with Crippen LogP contribution in [0.4, 0.5) is 0 Å². The molecule has 134 valence electrons. The SMILES string of the molecule is C=C(C)C(=O)OCCNC(=O)C(C)(CC(C)(C)C)C(C)(C)CC. The van der Waals surface area contributed by atoms with E-state index in [0.29, 0.717) is 12.1 Å². The number of amides is 1. The van der Waals surface area contributed by atoms with E-state index in [-0.39, 0.29) is 23.3 Å². The zero-order chi connectivity index (χ0) is 18.5. The van der Waals surface area contributed by atoms with Crippen molar-refractivity contribution in [3.05, 3.63) is 12.2 Å². The summed E-state index contributed by atoms with van der Waals surface area (Å²) in [4.78, 5) is 24.2. The predicted molar refractivity (Wildman–Crippen MR) is 95.0 cm³/mol. The molecule has 0 spiro atoms. The van der Waals surface area contributed by atoms with Crippen molar-refractivity contribution in [1.29, 1.82) is 0 Å². The van der Waals surface area contributed by atoms with Crippen molar-refractivity contribution in [2.24, 2.45) is 16.2 Å². The Labute approximate surface area is 142 Å². The largest absolute Gasteiger partial charge is 0.460 e. The first-order chi connectivity index (χ1) is 10.3. The maximum atomic E-state index is 12.9. The second-order valence-electron chi connectivity index (χ2n) is 8.48. The molecule has 0 aromatic carbocycles. The van der Waals surface area contributed by atoms with Crippen LogP contribution in [0.1, 0.15) is 68.2 Å². The Morgan fingerprint density at radius 2 is 1.61 bits per heavy atom. The van der Waals surface area contributed by atoms with Gasteiger partial charge in [0.1, 0.15) is 6.61 Å². The predicted octanol–water partition coefficient (Wildman–Crippen LogP) is 4.10. The summed E-state index contributed by atoms with van der Waals surface area (Å²) >= 11 is 0. The van der Waals surface area contributed by atoms with Crippen LogP contribution in [-0.4, -0.2) is 25.0 Å². The van der Waals surface area contributed by atoms with Crippen molar-refractivity contribution in [1.82, 2.24) is 5.32 Å². The third-order valence-corrected chi connectivity index (χ3v) is 4.73. The number of carbonyl (C=O) groups is 2. The molecule has 0 heterocycles. The Morgan fingerprint density at radius 1 is 1.09 bits per heavy atom. The van der Waals surface area contributed by atoms with Gasteiger partial charge in [0.15, 0.2) is 0 Å². The standard InChI is InChI=1S/C19H35NO3/c1-10-18(7,8)19(9,13-17(4,5)6)16(22)20-11-12-23-15(21)14(2)3/h2,10-13H2,1,3-9H3,(H,20,22). The van der Waals surface area contributed by atoms with Crippen LogP contribution in [0.25, 0.3) is 0 Å². The molecule has 23 heavy (non-hydrogen) atoms. The average molecular weight is 325 g/mol. The number of carbonyl (C=O) groups excluding carboxylic acids is 2. The van der Waals surface area contributed by atoms with Gasteiger partial charge in [-0.05, 0) is 30.6 Å². The van der Waals surface area contributed by atoms with E-state index in [1.807, 2.05) is 6.92 Å². The molecular formula is C19H35NO3. The van der Waals surface area contributed by atoms with E-state index in [2.05, 4.69) is 53.4 Å². The summed E-state index contributed by atoms with van der Waals surface area (Å²) in [6.45, 7) is 20.5. The van der Waals surface area contributed by atoms with Crippen LogP contribution in [0, 0.1) is 16.2 Å². The molecule has 0 aromatic heterocycles. The number of hydrogen-bond acceptors (Lipinski definition) is 3. The van der Waals surface area contributed by atoms with Crippen molar-refractivity contribution >= 4 is 11.9 Å². The molecule has 1 amide bonds. The molecule has 0 aromatic rings. The van der Waals surface area contributed by atoms with Crippen LogP contribution >= 0.6 is 0 Å². The van der Waals surface area contributed by atoms with Crippen molar-refractivity contribution < 1.29 is 14.3 Å². The lowest BCUT2D eigenvalue weighted by Crippen LogP contribution is -2.50. The second-order valence-corrected chi connectivity index (χ2v) is 8.48. The lowest BCUT2D eigenvalue weighted by molar-refractivity contribution is -0.143. The minimum absolute atomic E-state index is 0.0191. The summed E-state index contributed by atoms with van der Waals surface area (Å²) in [5.41, 5.74) is -0.205. The highest BCUT2D eigenvalue weighted by Crippen LogP contribution is 2.48. The van der Waals surface area contributed by atoms with Crippen molar-refractivity contribution in [2.45, 2.75) is 68.2 Å². The summed E-state index contributed by atoms with van der Waals surface area (Å²) in [5.74, 6) is -0.406. The van der Waals surface area contributed by atoms with Gasteiger partial charge in [-0.1, -0.05) is 55.0 Å². The number of nitrogens with one attached hydrogen (secondary N) is 1. The highest BCUT2D eigenvalue weighted by atomic mass is 16.5. The van der Waals surface area contributed by atoms with E-state index < -0.39 is 11.4 Å². The molecule has 1 N–H and O–H groups in total. The Morgan fingerprint density at radius 3 is 2.00 bits per heavy atom. The number of hydrogen-bond donors (Lipinski definition) is 1. The van der Waals surface area contributed by atoms with Gasteiger partial charge in [0.2, 0.25) is 5.91 Å². The Balaban J connectivity index is 4.90. The summed E-state index contributed by atoms with van der Waals surface area (Å²) in [6.07, 6.45) is 1.70. The first-order valence-corrected chi connectivity index (χ1v) is 8.38. The summed E-state index contributed by atoms with van der Waals surface area (Å²) < 4.78 is 5.03. The van der Waals surface area contributed by atoms with Gasteiger partial charge in [-0.3, -0.25) is 4.79 Å². The van der Waals surface area contributed by atoms with Gasteiger partial charge in [-0.2, -0.15) is 0 Å². The summed E-state index contributed by atoms with van der Waals surface area (Å²) in [6, 6.07) is 0. The zero-order valence-corrected chi connectivity index (χ0v) is 16.3. The van der Waals surface area contributed by atoms with Gasteiger partial charge in [0.25, 0.3) is 0 Å². The van der Waals surface area contributed by atoms with Crippen LogP contribution in [0.3, 0.4) is 0 Å². The van der Waals surface area contributed by atoms with Crippen LogP contribution < -0.4 is 5.32 Å². The minimum Gasteiger partial charge on any atom is -0.460 e. The maximum absolute atomic E-state index is 12.9. The summed E-state index contributed by atoms with van der Waals surface area (Å²) in [5, 5.41) is 2.93. The first kappa shape index (κ1) is 21.7. The Kier molecular flexibility index (Phi) is 7.52. The lowest BCUT2D eigenvalue weighted by atomic mass is 9.59. The van der Waals surface area contributed by atoms with E-state index in [0.717, 1.165) is 12.8 Å². The molecule has 4 nitrogen and oxygen atoms in total. The molecule has 0 aliphatic carbocycles. The number of rotatable bonds is 8. The quantitative estimate of drug-likeness (QED) is 0.415. The highest BCUT2D eigenvalue weighted by molar-refractivity contribution is 5.87. The normalized spacial score (nSPS) is 14.8. The smallest absolute Gasteiger partial charge is 0.333 e. The average Bonchev–Trinajstić information content (AvgIpc) is 2.40. The third kappa shape index (κ3) is 6.36. The van der Waals surface area contributed by atoms with Crippen molar-refractivity contribution in [3.63, 3.8) is 0 Å². The van der Waals surface area contributed by atoms with E-state index in [1.54, 1.807) is 6.92 Å². The molecule has 1 atom stereocenters. The van der Waals surface area contributed by atoms with Gasteiger partial charge in [0.05, 0.1) is 12.0 Å². The molecule has 0 bridgehead atoms. The van der Waals surface area contributed by atoms with Gasteiger partial charge in [-0.15, -0.1) is 0 Å². The molecule has 0 aliphatic rings. The van der Waals surface area contributed by atoms with Crippen LogP contribution in [0.15, 0.2) is 12.2 Å². The highest BCUT2D eigenvalue weighted by Gasteiger charge is 2.47. The topological polar surface area (TPSA) is 55.4 Å². The van der Waals surface area contributed by atoms with E-state index in [4.69, 9.17) is 4.74 Å². The van der Waals surface area contributed by atoms with Gasteiger partial charge < -0.3 is 10.1 Å². The zero-order valence-electron chi connectivity index (χ0n) is 16.3. The second kappa shape index (κ2) is 7.98. The molecule has 0 rings (SSSR count). The molecule has 0 radical (unpaired) electrons. The van der Waals surface area contributed by atoms with Crippen LogP contribution in [-0.2, 0) is 14.3 Å². The lowest BCUT2D eigenvalue weighted by Gasteiger charge is -2.46. The Hall–Kier alpha value is -1.32. The molecule has 1 unspecified atom stereocenters. The monoisotopic (exact) mass is 325 g/mol. The van der Waals surface area contributed by atoms with Crippen molar-refractivity contribution in [3.8, 4) is 0 Å². The molecule has 0 saturated carbocycles. The number of ether oxygens (including phenoxy) is 1. The third-order valence-electron chi connectivity index (χ3n) is 4.73. The maximum Gasteiger partial charge on any atom is 0.333 e. The first-order valence-electron chi connectivity index (χ1n) is 8.38. The molecule has 4 heteroatoms. The molecule has 0 fully saturated rings. The van der Waals surface area contributed by atoms with Gasteiger partial charge >= 0.3 is 5.97 Å². The molecular weight excluding hydrogens is 290 g/mol. The fraction of sp³-hybridized carbons (Fsp3) is 0.789. The fourth-order valence-corrected chi connectivity index (χ4v) is 2.70. The van der Waals surface area contributed by atoms with E-state index >= 15 is 0 Å². The minimum atomic E-state index is -0.488. The van der Waals surface area contributed by atoms with Gasteiger partial charge in [-0.25, -0.2) is 4.79 Å². The van der Waals surface area contributed by atoms with E-state index in [9.17, 15) is 9.59 Å². The van der Waals surface area contributed by atoms with Gasteiger partial charge in [0, 0.05) is 5.57 Å². The fourth-order valence-electron chi connectivity index (χ4n) is 2.70. The number of esters is 1. The van der Waals surface area contributed by atoms with Crippen LogP contribution in [0.2, 0.25) is 0 Å². The van der Waals surface area contributed by atoms with Crippen molar-refractivity contribution in [2.75, 3.05) is 13.2 Å². The van der Waals surface area contributed by atoms with Crippen LogP contribution in [0.5, 0.6) is 0 Å². The molecule has 0 saturated heterocycles. The summed E-state index contributed by atoms with van der Waals surface area (Å²) in [7, 11) is 0. The van der Waals surface area contributed by atoms with E-state index in [1.165, 1.54) is 0 Å².